The molecular formula is C16H26N2O5Si. The maximum atomic E-state index is 12.2. The molecule has 2 heterocycles. The highest BCUT2D eigenvalue weighted by atomic mass is 28.4. The molecule has 2 atom stereocenters. The second kappa shape index (κ2) is 6.42. The molecule has 1 aromatic heterocycles. The number of rotatable bonds is 4. The second-order valence-corrected chi connectivity index (χ2v) is 12.6. The van der Waals surface area contributed by atoms with Crippen molar-refractivity contribution in [1.82, 2.24) is 9.55 Å². The fraction of sp³-hybridized carbons (Fsp3) is 0.688. The van der Waals surface area contributed by atoms with E-state index in [4.69, 9.17) is 9.16 Å². The number of nitrogens with one attached hydrogen (secondary N) is 1. The van der Waals surface area contributed by atoms with Gasteiger partial charge in [0.05, 0.1) is 12.7 Å². The van der Waals surface area contributed by atoms with Crippen molar-refractivity contribution in [1.29, 1.82) is 0 Å². The van der Waals surface area contributed by atoms with E-state index in [1.54, 1.807) is 6.92 Å². The predicted octanol–water partition coefficient (Wildman–Crippen LogP) is 1.72. The smallest absolute Gasteiger partial charge is 0.330 e. The van der Waals surface area contributed by atoms with Crippen LogP contribution >= 0.6 is 0 Å². The Bertz CT molecular complexity index is 744. The quantitative estimate of drug-likeness (QED) is 0.832. The molecule has 1 aliphatic heterocycles. The van der Waals surface area contributed by atoms with Gasteiger partial charge in [-0.3, -0.25) is 19.1 Å². The van der Waals surface area contributed by atoms with Crippen LogP contribution < -0.4 is 11.2 Å². The van der Waals surface area contributed by atoms with Crippen molar-refractivity contribution in [3.05, 3.63) is 32.6 Å². The van der Waals surface area contributed by atoms with E-state index in [9.17, 15) is 14.4 Å². The van der Waals surface area contributed by atoms with E-state index >= 15 is 0 Å². The first-order chi connectivity index (χ1) is 10.9. The summed E-state index contributed by atoms with van der Waals surface area (Å²) in [5.74, 6) is -0.188. The van der Waals surface area contributed by atoms with Crippen molar-refractivity contribution in [3.63, 3.8) is 0 Å². The van der Waals surface area contributed by atoms with Crippen LogP contribution in [0.5, 0.6) is 0 Å². The third-order valence-electron chi connectivity index (χ3n) is 4.86. The lowest BCUT2D eigenvalue weighted by molar-refractivity contribution is -0.127. The van der Waals surface area contributed by atoms with Crippen molar-refractivity contribution < 1.29 is 14.0 Å². The molecule has 0 aromatic carbocycles. The second-order valence-electron chi connectivity index (χ2n) is 7.83. The standard InChI is InChI=1S/C16H26N2O5Si/c1-10-8-18(15(21)17-13(10)20)14-12(19)7-11(23-14)9-22-24(5,6)16(2,3)4/h8,11,14H,7,9H2,1-6H3,(H,17,20,21)/t11-,14+/m1/s1. The average molecular weight is 354 g/mol. The van der Waals surface area contributed by atoms with E-state index < -0.39 is 25.8 Å². The fourth-order valence-electron chi connectivity index (χ4n) is 2.23. The van der Waals surface area contributed by atoms with Crippen LogP contribution in [0.15, 0.2) is 15.8 Å². The molecule has 8 heteroatoms. The lowest BCUT2D eigenvalue weighted by atomic mass is 10.2. The van der Waals surface area contributed by atoms with Crippen LogP contribution in [-0.4, -0.2) is 36.4 Å². The Morgan fingerprint density at radius 2 is 1.96 bits per heavy atom. The average Bonchev–Trinajstić information content (AvgIpc) is 2.80. The van der Waals surface area contributed by atoms with Gasteiger partial charge in [0.1, 0.15) is 0 Å². The fourth-order valence-corrected chi connectivity index (χ4v) is 3.26. The van der Waals surface area contributed by atoms with Gasteiger partial charge in [0.2, 0.25) is 0 Å². The van der Waals surface area contributed by atoms with Crippen LogP contribution in [0, 0.1) is 6.92 Å². The van der Waals surface area contributed by atoms with Crippen molar-refractivity contribution in [2.45, 2.75) is 64.6 Å². The van der Waals surface area contributed by atoms with Gasteiger partial charge in [-0.25, -0.2) is 4.79 Å². The molecule has 1 fully saturated rings. The number of H-pyrrole nitrogens is 1. The lowest BCUT2D eigenvalue weighted by Gasteiger charge is -2.36. The minimum absolute atomic E-state index is 0.0714. The number of carbonyl (C=O) groups excluding carboxylic acids is 1. The van der Waals surface area contributed by atoms with Crippen LogP contribution in [-0.2, 0) is 14.0 Å². The number of ketones is 1. The predicted molar refractivity (Wildman–Crippen MR) is 92.7 cm³/mol. The molecule has 24 heavy (non-hydrogen) atoms. The number of hydrogen-bond donors (Lipinski definition) is 1. The third-order valence-corrected chi connectivity index (χ3v) is 9.36. The van der Waals surface area contributed by atoms with Gasteiger partial charge in [0.15, 0.2) is 20.3 Å². The highest BCUT2D eigenvalue weighted by Gasteiger charge is 2.40. The van der Waals surface area contributed by atoms with Crippen LogP contribution in [0.25, 0.3) is 0 Å². The summed E-state index contributed by atoms with van der Waals surface area (Å²) in [5.41, 5.74) is -0.749. The summed E-state index contributed by atoms with van der Waals surface area (Å²) in [7, 11) is -1.93. The Labute approximate surface area is 142 Å². The van der Waals surface area contributed by atoms with Crippen LogP contribution in [0.3, 0.4) is 0 Å². The van der Waals surface area contributed by atoms with E-state index in [1.807, 2.05) is 0 Å². The molecule has 0 radical (unpaired) electrons. The number of aromatic nitrogens is 2. The van der Waals surface area contributed by atoms with Gasteiger partial charge >= 0.3 is 5.69 Å². The summed E-state index contributed by atoms with van der Waals surface area (Å²) in [6.45, 7) is 12.6. The van der Waals surface area contributed by atoms with Gasteiger partial charge in [0, 0.05) is 18.2 Å². The molecular weight excluding hydrogens is 328 g/mol. The number of hydrogen-bond acceptors (Lipinski definition) is 5. The molecule has 1 aliphatic rings. The molecule has 2 rings (SSSR count). The van der Waals surface area contributed by atoms with Gasteiger partial charge < -0.3 is 9.16 Å². The Morgan fingerprint density at radius 1 is 1.33 bits per heavy atom. The molecule has 134 valence electrons. The summed E-state index contributed by atoms with van der Waals surface area (Å²) in [5, 5.41) is 0.0714. The Balaban J connectivity index is 2.11. The normalized spacial score (nSPS) is 22.2. The van der Waals surface area contributed by atoms with Crippen molar-refractivity contribution in [3.8, 4) is 0 Å². The largest absolute Gasteiger partial charge is 0.414 e. The first kappa shape index (κ1) is 18.8. The summed E-state index contributed by atoms with van der Waals surface area (Å²) < 4.78 is 13.0. The summed E-state index contributed by atoms with van der Waals surface area (Å²) in [6, 6.07) is 0. The van der Waals surface area contributed by atoms with E-state index in [-0.39, 0.29) is 23.3 Å². The van der Waals surface area contributed by atoms with Gasteiger partial charge in [0.25, 0.3) is 5.56 Å². The minimum atomic E-state index is -1.93. The molecule has 0 saturated carbocycles. The summed E-state index contributed by atoms with van der Waals surface area (Å²) >= 11 is 0. The Hall–Kier alpha value is -1.51. The van der Waals surface area contributed by atoms with Crippen LogP contribution in [0.4, 0.5) is 0 Å². The zero-order valence-electron chi connectivity index (χ0n) is 15.1. The van der Waals surface area contributed by atoms with E-state index in [0.29, 0.717) is 12.2 Å². The van der Waals surface area contributed by atoms with Crippen LogP contribution in [0.2, 0.25) is 18.1 Å². The Morgan fingerprint density at radius 3 is 2.54 bits per heavy atom. The zero-order valence-corrected chi connectivity index (χ0v) is 16.1. The number of carbonyl (C=O) groups is 1. The number of aromatic amines is 1. The maximum absolute atomic E-state index is 12.2. The van der Waals surface area contributed by atoms with E-state index in [1.165, 1.54) is 6.20 Å². The number of Topliss-reactive ketones (excluding diaryl/α,β-unsaturated/α-hetero) is 1. The summed E-state index contributed by atoms with van der Waals surface area (Å²) in [4.78, 5) is 37.8. The molecule has 0 unspecified atom stereocenters. The first-order valence-electron chi connectivity index (χ1n) is 8.06. The highest BCUT2D eigenvalue weighted by molar-refractivity contribution is 6.74. The molecule has 0 bridgehead atoms. The molecule has 1 aromatic rings. The topological polar surface area (TPSA) is 90.4 Å². The monoisotopic (exact) mass is 354 g/mol. The summed E-state index contributed by atoms with van der Waals surface area (Å²) in [6.07, 6.45) is 0.182. The molecule has 1 N–H and O–H groups in total. The van der Waals surface area contributed by atoms with E-state index in [2.05, 4.69) is 38.8 Å². The van der Waals surface area contributed by atoms with Crippen molar-refractivity contribution in [2.75, 3.05) is 6.61 Å². The molecule has 0 amide bonds. The third kappa shape index (κ3) is 3.76. The first-order valence-corrected chi connectivity index (χ1v) is 11.0. The molecule has 0 aliphatic carbocycles. The molecule has 7 nitrogen and oxygen atoms in total. The van der Waals surface area contributed by atoms with Crippen LogP contribution in [0.1, 0.15) is 39.0 Å². The Kier molecular flexibility index (Phi) is 5.03. The zero-order chi connectivity index (χ0) is 18.3. The lowest BCUT2D eigenvalue weighted by Crippen LogP contribution is -2.42. The van der Waals surface area contributed by atoms with Gasteiger partial charge in [-0.05, 0) is 25.1 Å². The molecule has 0 spiro atoms. The number of aryl methyl sites for hydroxylation is 1. The van der Waals surface area contributed by atoms with Crippen molar-refractivity contribution >= 4 is 14.1 Å². The number of nitrogens with zero attached hydrogens (tertiary/aromatic N) is 1. The maximum Gasteiger partial charge on any atom is 0.330 e. The van der Waals surface area contributed by atoms with Gasteiger partial charge in [-0.2, -0.15) is 0 Å². The van der Waals surface area contributed by atoms with E-state index in [0.717, 1.165) is 4.57 Å². The molecule has 1 saturated heterocycles. The van der Waals surface area contributed by atoms with Gasteiger partial charge in [-0.15, -0.1) is 0 Å². The van der Waals surface area contributed by atoms with Gasteiger partial charge in [-0.1, -0.05) is 20.8 Å². The highest BCUT2D eigenvalue weighted by Crippen LogP contribution is 2.37. The minimum Gasteiger partial charge on any atom is -0.414 e. The van der Waals surface area contributed by atoms with Crippen molar-refractivity contribution in [2.24, 2.45) is 0 Å². The SMILES string of the molecule is Cc1cn([C@H]2O[C@@H](CO[Si](C)(C)C(C)(C)C)CC2=O)c(=O)[nH]c1=O. The number of ether oxygens (including phenoxy) is 1.